The number of fused-ring (bicyclic) bond motifs is 1. The summed E-state index contributed by atoms with van der Waals surface area (Å²) in [7, 11) is 0. The molecule has 0 unspecified atom stereocenters. The third kappa shape index (κ3) is 2.90. The van der Waals surface area contributed by atoms with Crippen LogP contribution in [0.2, 0.25) is 0 Å². The van der Waals surface area contributed by atoms with E-state index in [1.165, 1.54) is 6.07 Å². The topological polar surface area (TPSA) is 85.3 Å². The molecule has 1 amide bonds. The third-order valence-electron chi connectivity index (χ3n) is 3.22. The van der Waals surface area contributed by atoms with Gasteiger partial charge in [0.2, 0.25) is 0 Å². The highest BCUT2D eigenvalue weighted by atomic mass is 16.5. The molecule has 3 rings (SSSR count). The summed E-state index contributed by atoms with van der Waals surface area (Å²) in [6, 6.07) is 10.4. The molecule has 2 aromatic heterocycles. The zero-order chi connectivity index (χ0) is 15.5. The number of aromatic nitrogens is 1. The molecule has 1 aromatic carbocycles. The van der Waals surface area contributed by atoms with Gasteiger partial charge in [0.05, 0.1) is 5.69 Å². The molecule has 1 N–H and O–H groups in total. The van der Waals surface area contributed by atoms with Crippen LogP contribution in [-0.4, -0.2) is 17.6 Å². The van der Waals surface area contributed by atoms with Crippen LogP contribution in [0.15, 0.2) is 50.1 Å². The van der Waals surface area contributed by atoms with E-state index in [2.05, 4.69) is 10.5 Å². The van der Waals surface area contributed by atoms with Crippen LogP contribution in [0.5, 0.6) is 0 Å². The summed E-state index contributed by atoms with van der Waals surface area (Å²) in [5.74, 6) is 0.221. The van der Waals surface area contributed by atoms with Crippen LogP contribution in [-0.2, 0) is 6.42 Å². The van der Waals surface area contributed by atoms with Crippen LogP contribution in [0, 0.1) is 6.92 Å². The predicted octanol–water partition coefficient (Wildman–Crippen LogP) is 2.06. The van der Waals surface area contributed by atoms with Crippen molar-refractivity contribution in [1.82, 2.24) is 10.5 Å². The Bertz CT molecular complexity index is 879. The van der Waals surface area contributed by atoms with E-state index in [0.717, 1.165) is 5.69 Å². The Kier molecular flexibility index (Phi) is 3.74. The number of nitrogens with one attached hydrogen (secondary N) is 1. The minimum absolute atomic E-state index is 0.00699. The van der Waals surface area contributed by atoms with Crippen LogP contribution in [0.4, 0.5) is 0 Å². The van der Waals surface area contributed by atoms with Crippen molar-refractivity contribution in [2.75, 3.05) is 6.54 Å². The maximum absolute atomic E-state index is 12.1. The van der Waals surface area contributed by atoms with Gasteiger partial charge in [0.15, 0.2) is 0 Å². The molecule has 0 aliphatic rings. The third-order valence-corrected chi connectivity index (χ3v) is 3.22. The highest BCUT2D eigenvalue weighted by Gasteiger charge is 2.13. The summed E-state index contributed by atoms with van der Waals surface area (Å²) >= 11 is 0. The van der Waals surface area contributed by atoms with Gasteiger partial charge in [0.1, 0.15) is 16.9 Å². The second kappa shape index (κ2) is 5.85. The van der Waals surface area contributed by atoms with E-state index in [-0.39, 0.29) is 5.56 Å². The van der Waals surface area contributed by atoms with E-state index in [1.807, 2.05) is 13.0 Å². The summed E-state index contributed by atoms with van der Waals surface area (Å²) in [4.78, 5) is 23.9. The van der Waals surface area contributed by atoms with Crippen molar-refractivity contribution >= 4 is 16.9 Å². The molecule has 0 bridgehead atoms. The lowest BCUT2D eigenvalue weighted by Gasteiger charge is -2.04. The second-order valence-electron chi connectivity index (χ2n) is 4.93. The van der Waals surface area contributed by atoms with E-state index >= 15 is 0 Å². The maximum Gasteiger partial charge on any atom is 0.349 e. The molecule has 6 heteroatoms. The Morgan fingerprint density at radius 1 is 1.27 bits per heavy atom. The van der Waals surface area contributed by atoms with Crippen LogP contribution in [0.3, 0.4) is 0 Å². The Labute approximate surface area is 125 Å². The number of hydrogen-bond donors (Lipinski definition) is 1. The van der Waals surface area contributed by atoms with Gasteiger partial charge < -0.3 is 14.3 Å². The first kappa shape index (κ1) is 14.1. The molecule has 0 aliphatic carbocycles. The van der Waals surface area contributed by atoms with Gasteiger partial charge >= 0.3 is 5.63 Å². The minimum Gasteiger partial charge on any atom is -0.422 e. The van der Waals surface area contributed by atoms with Crippen molar-refractivity contribution in [3.8, 4) is 0 Å². The maximum atomic E-state index is 12.1. The van der Waals surface area contributed by atoms with E-state index in [4.69, 9.17) is 8.94 Å². The molecule has 3 aromatic rings. The first-order valence-corrected chi connectivity index (χ1v) is 6.87. The van der Waals surface area contributed by atoms with Crippen LogP contribution >= 0.6 is 0 Å². The lowest BCUT2D eigenvalue weighted by molar-refractivity contribution is 0.0950. The van der Waals surface area contributed by atoms with Crippen molar-refractivity contribution in [2.45, 2.75) is 13.3 Å². The number of hydrogen-bond acceptors (Lipinski definition) is 5. The van der Waals surface area contributed by atoms with Crippen molar-refractivity contribution in [3.05, 3.63) is 63.8 Å². The number of para-hydroxylation sites is 1. The second-order valence-corrected chi connectivity index (χ2v) is 4.93. The Morgan fingerprint density at radius 2 is 2.09 bits per heavy atom. The van der Waals surface area contributed by atoms with Gasteiger partial charge in [-0.05, 0) is 19.1 Å². The molecule has 0 spiro atoms. The van der Waals surface area contributed by atoms with E-state index in [0.29, 0.717) is 29.7 Å². The predicted molar refractivity (Wildman–Crippen MR) is 79.8 cm³/mol. The van der Waals surface area contributed by atoms with Crippen LogP contribution in [0.1, 0.15) is 21.8 Å². The molecule has 112 valence electrons. The largest absolute Gasteiger partial charge is 0.422 e. The minimum atomic E-state index is -0.647. The highest BCUT2D eigenvalue weighted by Crippen LogP contribution is 2.12. The molecular weight excluding hydrogens is 284 g/mol. The first-order valence-electron chi connectivity index (χ1n) is 6.87. The number of nitrogens with zero attached hydrogens (tertiary/aromatic N) is 1. The average Bonchev–Trinajstić information content (AvgIpc) is 2.92. The van der Waals surface area contributed by atoms with E-state index < -0.39 is 11.5 Å². The molecular formula is C16H14N2O4. The number of rotatable bonds is 4. The molecule has 6 nitrogen and oxygen atoms in total. The molecule has 2 heterocycles. The van der Waals surface area contributed by atoms with E-state index in [1.54, 1.807) is 24.3 Å². The van der Waals surface area contributed by atoms with Gasteiger partial charge in [0, 0.05) is 24.4 Å². The summed E-state index contributed by atoms with van der Waals surface area (Å²) in [5, 5.41) is 7.15. The zero-order valence-electron chi connectivity index (χ0n) is 12.0. The standard InChI is InChI=1S/C16H14N2O4/c1-10-8-12(22-18-10)6-7-17-15(19)13-9-11-4-2-3-5-14(11)21-16(13)20/h2-5,8-9H,6-7H2,1H3,(H,17,19). The quantitative estimate of drug-likeness (QED) is 0.745. The zero-order valence-corrected chi connectivity index (χ0v) is 12.0. The molecule has 0 fully saturated rings. The van der Waals surface area contributed by atoms with Gasteiger partial charge in [0.25, 0.3) is 5.91 Å². The molecule has 0 saturated carbocycles. The Morgan fingerprint density at radius 3 is 2.86 bits per heavy atom. The summed E-state index contributed by atoms with van der Waals surface area (Å²) in [6.07, 6.45) is 0.505. The smallest absolute Gasteiger partial charge is 0.349 e. The number of aryl methyl sites for hydroxylation is 1. The van der Waals surface area contributed by atoms with Gasteiger partial charge in [-0.1, -0.05) is 23.4 Å². The fourth-order valence-electron chi connectivity index (χ4n) is 2.15. The lowest BCUT2D eigenvalue weighted by atomic mass is 10.2. The van der Waals surface area contributed by atoms with Crippen LogP contribution in [0.25, 0.3) is 11.0 Å². The van der Waals surface area contributed by atoms with Gasteiger partial charge in [-0.2, -0.15) is 0 Å². The summed E-state index contributed by atoms with van der Waals surface area (Å²) < 4.78 is 10.2. The average molecular weight is 298 g/mol. The van der Waals surface area contributed by atoms with Crippen molar-refractivity contribution < 1.29 is 13.7 Å². The van der Waals surface area contributed by atoms with Gasteiger partial charge in [-0.25, -0.2) is 4.79 Å². The Hall–Kier alpha value is -2.89. The SMILES string of the molecule is Cc1cc(CCNC(=O)c2cc3ccccc3oc2=O)on1. The summed E-state index contributed by atoms with van der Waals surface area (Å²) in [6.45, 7) is 2.17. The van der Waals surface area contributed by atoms with Gasteiger partial charge in [-0.3, -0.25) is 4.79 Å². The molecule has 0 aliphatic heterocycles. The van der Waals surface area contributed by atoms with Crippen molar-refractivity contribution in [2.24, 2.45) is 0 Å². The monoisotopic (exact) mass is 298 g/mol. The summed E-state index contributed by atoms with van der Waals surface area (Å²) in [5.41, 5.74) is 0.594. The van der Waals surface area contributed by atoms with E-state index in [9.17, 15) is 9.59 Å². The number of carbonyl (C=O) groups excluding carboxylic acids is 1. The molecule has 0 saturated heterocycles. The number of amides is 1. The lowest BCUT2D eigenvalue weighted by Crippen LogP contribution is -2.29. The Balaban J connectivity index is 1.72. The fraction of sp³-hybridized carbons (Fsp3) is 0.188. The molecule has 0 atom stereocenters. The van der Waals surface area contributed by atoms with Crippen molar-refractivity contribution in [3.63, 3.8) is 0 Å². The molecule has 22 heavy (non-hydrogen) atoms. The highest BCUT2D eigenvalue weighted by molar-refractivity contribution is 5.96. The normalized spacial score (nSPS) is 10.8. The number of benzene rings is 1. The van der Waals surface area contributed by atoms with Gasteiger partial charge in [-0.15, -0.1) is 0 Å². The fourth-order valence-corrected chi connectivity index (χ4v) is 2.15. The first-order chi connectivity index (χ1) is 10.6. The molecule has 0 radical (unpaired) electrons. The van der Waals surface area contributed by atoms with Crippen LogP contribution < -0.4 is 10.9 Å². The van der Waals surface area contributed by atoms with Crippen molar-refractivity contribution in [1.29, 1.82) is 0 Å². The number of carbonyl (C=O) groups is 1.